The Morgan fingerprint density at radius 2 is 1.81 bits per heavy atom. The van der Waals surface area contributed by atoms with Gasteiger partial charge in [0.05, 0.1) is 5.69 Å². The van der Waals surface area contributed by atoms with Crippen LogP contribution in [0.1, 0.15) is 60.1 Å². The molecule has 1 rings (SSSR count). The third-order valence-corrected chi connectivity index (χ3v) is 3.93. The van der Waals surface area contributed by atoms with Gasteiger partial charge < -0.3 is 10.2 Å². The molecule has 1 aromatic rings. The van der Waals surface area contributed by atoms with Crippen molar-refractivity contribution in [3.8, 4) is 0 Å². The summed E-state index contributed by atoms with van der Waals surface area (Å²) < 4.78 is 0. The van der Waals surface area contributed by atoms with Crippen molar-refractivity contribution < 1.29 is 0 Å². The quantitative estimate of drug-likeness (QED) is 0.777. The zero-order valence-electron chi connectivity index (χ0n) is 14.7. The van der Waals surface area contributed by atoms with E-state index in [1.165, 1.54) is 12.8 Å². The van der Waals surface area contributed by atoms with Gasteiger partial charge in [-0.05, 0) is 45.7 Å². The van der Waals surface area contributed by atoms with Gasteiger partial charge in [-0.25, -0.2) is 4.98 Å². The molecule has 0 atom stereocenters. The molecule has 0 aromatic carbocycles. The number of aromatic nitrogens is 1. The molecule has 21 heavy (non-hydrogen) atoms. The molecule has 1 heterocycles. The summed E-state index contributed by atoms with van der Waals surface area (Å²) in [4.78, 5) is 7.23. The lowest BCUT2D eigenvalue weighted by molar-refractivity contribution is 0.421. The van der Waals surface area contributed by atoms with Crippen LogP contribution >= 0.6 is 0 Å². The second-order valence-electron chi connectivity index (χ2n) is 6.81. The van der Waals surface area contributed by atoms with Crippen LogP contribution in [0.4, 0.5) is 5.82 Å². The minimum Gasteiger partial charge on any atom is -0.357 e. The van der Waals surface area contributed by atoms with E-state index < -0.39 is 0 Å². The van der Waals surface area contributed by atoms with Crippen molar-refractivity contribution in [1.29, 1.82) is 0 Å². The second-order valence-corrected chi connectivity index (χ2v) is 6.81. The Balaban J connectivity index is 2.76. The summed E-state index contributed by atoms with van der Waals surface area (Å²) in [7, 11) is 0. The predicted octanol–water partition coefficient (Wildman–Crippen LogP) is 4.23. The zero-order valence-corrected chi connectivity index (χ0v) is 14.7. The fraction of sp³-hybridized carbons (Fsp3) is 0.722. The fourth-order valence-electron chi connectivity index (χ4n) is 2.34. The van der Waals surface area contributed by atoms with Gasteiger partial charge in [0.2, 0.25) is 0 Å². The molecule has 0 saturated heterocycles. The Bertz CT molecular complexity index is 405. The molecule has 1 N–H and O–H groups in total. The first kappa shape index (κ1) is 18.0. The minimum atomic E-state index is 0.123. The number of hydrogen-bond acceptors (Lipinski definition) is 3. The summed E-state index contributed by atoms with van der Waals surface area (Å²) >= 11 is 0. The van der Waals surface area contributed by atoms with E-state index >= 15 is 0 Å². The standard InChI is InChI=1S/C18H33N3/c1-7-15(8-2)14-21(9-3)17-12-10-11-16(20-17)13-19-18(4,5)6/h10-12,15,19H,7-9,13-14H2,1-6H3. The smallest absolute Gasteiger partial charge is 0.128 e. The molecule has 0 saturated carbocycles. The number of rotatable bonds is 8. The van der Waals surface area contributed by atoms with Crippen LogP contribution in [0, 0.1) is 5.92 Å². The largest absolute Gasteiger partial charge is 0.357 e. The maximum absolute atomic E-state index is 4.83. The van der Waals surface area contributed by atoms with Gasteiger partial charge in [-0.15, -0.1) is 0 Å². The van der Waals surface area contributed by atoms with E-state index in [1.807, 2.05) is 0 Å². The molecule has 0 amide bonds. The van der Waals surface area contributed by atoms with Gasteiger partial charge in [-0.1, -0.05) is 32.8 Å². The van der Waals surface area contributed by atoms with Gasteiger partial charge in [0.15, 0.2) is 0 Å². The van der Waals surface area contributed by atoms with Gasteiger partial charge in [-0.2, -0.15) is 0 Å². The Morgan fingerprint density at radius 1 is 1.14 bits per heavy atom. The highest BCUT2D eigenvalue weighted by Crippen LogP contribution is 2.17. The number of pyridine rings is 1. The van der Waals surface area contributed by atoms with Crippen LogP contribution in [-0.4, -0.2) is 23.6 Å². The van der Waals surface area contributed by atoms with Crippen molar-refractivity contribution in [2.75, 3.05) is 18.0 Å². The molecule has 0 aliphatic rings. The molecule has 0 bridgehead atoms. The average Bonchev–Trinajstić information content (AvgIpc) is 2.46. The number of hydrogen-bond donors (Lipinski definition) is 1. The molecule has 3 nitrogen and oxygen atoms in total. The highest BCUT2D eigenvalue weighted by molar-refractivity contribution is 5.39. The minimum absolute atomic E-state index is 0.123. The lowest BCUT2D eigenvalue weighted by Crippen LogP contribution is -2.35. The Hall–Kier alpha value is -1.09. The van der Waals surface area contributed by atoms with E-state index in [4.69, 9.17) is 4.98 Å². The van der Waals surface area contributed by atoms with Crippen LogP contribution in [-0.2, 0) is 6.54 Å². The van der Waals surface area contributed by atoms with Crippen LogP contribution in [0.2, 0.25) is 0 Å². The summed E-state index contributed by atoms with van der Waals surface area (Å²) in [5, 5.41) is 3.50. The molecule has 1 aromatic heterocycles. The first-order valence-corrected chi connectivity index (χ1v) is 8.35. The van der Waals surface area contributed by atoms with Crippen molar-refractivity contribution in [2.45, 2.75) is 66.5 Å². The molecule has 0 aliphatic heterocycles. The molecule has 0 radical (unpaired) electrons. The van der Waals surface area contributed by atoms with Crippen molar-refractivity contribution in [1.82, 2.24) is 10.3 Å². The summed E-state index contributed by atoms with van der Waals surface area (Å²) in [6, 6.07) is 6.36. The van der Waals surface area contributed by atoms with Crippen molar-refractivity contribution in [3.63, 3.8) is 0 Å². The SMILES string of the molecule is CCC(CC)CN(CC)c1cccc(CNC(C)(C)C)n1. The highest BCUT2D eigenvalue weighted by Gasteiger charge is 2.13. The van der Waals surface area contributed by atoms with Crippen molar-refractivity contribution in [2.24, 2.45) is 5.92 Å². The highest BCUT2D eigenvalue weighted by atomic mass is 15.2. The van der Waals surface area contributed by atoms with Crippen LogP contribution in [0.3, 0.4) is 0 Å². The van der Waals surface area contributed by atoms with Gasteiger partial charge in [-0.3, -0.25) is 0 Å². The predicted molar refractivity (Wildman–Crippen MR) is 92.8 cm³/mol. The average molecular weight is 291 g/mol. The summed E-state index contributed by atoms with van der Waals surface area (Å²) in [5.74, 6) is 1.86. The van der Waals surface area contributed by atoms with Crippen LogP contribution in [0.5, 0.6) is 0 Å². The lowest BCUT2D eigenvalue weighted by Gasteiger charge is -2.27. The van der Waals surface area contributed by atoms with E-state index in [-0.39, 0.29) is 5.54 Å². The molecular formula is C18H33N3. The molecule has 0 fully saturated rings. The first-order chi connectivity index (χ1) is 9.89. The molecule has 120 valence electrons. The van der Waals surface area contributed by atoms with E-state index in [0.717, 1.165) is 37.1 Å². The van der Waals surface area contributed by atoms with E-state index in [0.29, 0.717) is 0 Å². The first-order valence-electron chi connectivity index (χ1n) is 8.35. The van der Waals surface area contributed by atoms with E-state index in [9.17, 15) is 0 Å². The van der Waals surface area contributed by atoms with Gasteiger partial charge >= 0.3 is 0 Å². The molecule has 0 aliphatic carbocycles. The lowest BCUT2D eigenvalue weighted by atomic mass is 10.0. The Kier molecular flexibility index (Phi) is 7.16. The number of nitrogens with zero attached hydrogens (tertiary/aromatic N) is 2. The van der Waals surface area contributed by atoms with Gasteiger partial charge in [0.1, 0.15) is 5.82 Å². The Morgan fingerprint density at radius 3 is 2.33 bits per heavy atom. The van der Waals surface area contributed by atoms with E-state index in [2.05, 4.69) is 70.0 Å². The summed E-state index contributed by atoms with van der Waals surface area (Å²) in [5.41, 5.74) is 1.24. The van der Waals surface area contributed by atoms with Crippen LogP contribution < -0.4 is 10.2 Å². The Labute approximate surface area is 131 Å². The van der Waals surface area contributed by atoms with Crippen molar-refractivity contribution >= 4 is 5.82 Å². The number of anilines is 1. The molecular weight excluding hydrogens is 258 g/mol. The third kappa shape index (κ3) is 6.47. The van der Waals surface area contributed by atoms with E-state index in [1.54, 1.807) is 0 Å². The molecule has 0 unspecified atom stereocenters. The molecule has 0 spiro atoms. The van der Waals surface area contributed by atoms with Crippen LogP contribution in [0.25, 0.3) is 0 Å². The topological polar surface area (TPSA) is 28.2 Å². The van der Waals surface area contributed by atoms with Gasteiger partial charge in [0.25, 0.3) is 0 Å². The normalized spacial score (nSPS) is 12.0. The molecule has 3 heteroatoms. The third-order valence-electron chi connectivity index (χ3n) is 3.93. The van der Waals surface area contributed by atoms with Crippen molar-refractivity contribution in [3.05, 3.63) is 23.9 Å². The zero-order chi connectivity index (χ0) is 15.9. The summed E-state index contributed by atoms with van der Waals surface area (Å²) in [6.07, 6.45) is 2.47. The maximum Gasteiger partial charge on any atom is 0.128 e. The summed E-state index contributed by atoms with van der Waals surface area (Å²) in [6.45, 7) is 16.3. The maximum atomic E-state index is 4.83. The second kappa shape index (κ2) is 8.38. The van der Waals surface area contributed by atoms with Gasteiger partial charge in [0, 0.05) is 25.2 Å². The monoisotopic (exact) mass is 291 g/mol. The number of nitrogens with one attached hydrogen (secondary N) is 1. The van der Waals surface area contributed by atoms with Crippen LogP contribution in [0.15, 0.2) is 18.2 Å². The fourth-order valence-corrected chi connectivity index (χ4v) is 2.34.